The first-order valence-electron chi connectivity index (χ1n) is 8.65. The minimum Gasteiger partial charge on any atom is -0.497 e. The van der Waals surface area contributed by atoms with Crippen molar-refractivity contribution in [3.05, 3.63) is 76.2 Å². The molecule has 1 amide bonds. The molecule has 4 rings (SSSR count). The Kier molecular flexibility index (Phi) is 4.87. The normalized spacial score (nSPS) is 15.6. The van der Waals surface area contributed by atoms with Crippen molar-refractivity contribution in [2.75, 3.05) is 17.7 Å². The van der Waals surface area contributed by atoms with Gasteiger partial charge < -0.3 is 15.4 Å². The minimum absolute atomic E-state index is 0.207. The first kappa shape index (κ1) is 18.2. The molecule has 0 unspecified atom stereocenters. The molecule has 7 nitrogen and oxygen atoms in total. The summed E-state index contributed by atoms with van der Waals surface area (Å²) in [5.74, 6) is 1.12. The number of hydrogen-bond acceptors (Lipinski definition) is 5. The van der Waals surface area contributed by atoms with E-state index in [1.165, 1.54) is 6.33 Å². The van der Waals surface area contributed by atoms with E-state index in [9.17, 15) is 4.79 Å². The van der Waals surface area contributed by atoms with Crippen molar-refractivity contribution in [2.24, 2.45) is 0 Å². The van der Waals surface area contributed by atoms with Gasteiger partial charge in [0.25, 0.3) is 5.91 Å². The average Bonchev–Trinajstić information content (AvgIpc) is 3.15. The number of ether oxygens (including phenoxy) is 1. The predicted molar refractivity (Wildman–Crippen MR) is 110 cm³/mol. The molecule has 0 fully saturated rings. The van der Waals surface area contributed by atoms with Gasteiger partial charge in [0.2, 0.25) is 5.95 Å². The fourth-order valence-corrected chi connectivity index (χ4v) is 3.66. The second kappa shape index (κ2) is 7.47. The van der Waals surface area contributed by atoms with Crippen LogP contribution in [0.2, 0.25) is 0 Å². The van der Waals surface area contributed by atoms with Crippen LogP contribution in [0.25, 0.3) is 0 Å². The number of anilines is 2. The summed E-state index contributed by atoms with van der Waals surface area (Å²) < 4.78 is 7.82. The number of halogens is 1. The molecule has 8 heteroatoms. The number of aromatic nitrogens is 3. The highest BCUT2D eigenvalue weighted by Gasteiger charge is 2.33. The van der Waals surface area contributed by atoms with Crippen LogP contribution in [0.1, 0.15) is 18.5 Å². The number of nitrogens with one attached hydrogen (secondary N) is 2. The van der Waals surface area contributed by atoms with Gasteiger partial charge in [0, 0.05) is 15.9 Å². The molecular formula is C20H18BrN5O2. The van der Waals surface area contributed by atoms with E-state index >= 15 is 0 Å². The van der Waals surface area contributed by atoms with Crippen molar-refractivity contribution >= 4 is 33.5 Å². The quantitative estimate of drug-likeness (QED) is 0.642. The summed E-state index contributed by atoms with van der Waals surface area (Å²) in [6.45, 7) is 1.87. The number of rotatable bonds is 4. The smallest absolute Gasteiger partial charge is 0.255 e. The molecule has 0 aliphatic carbocycles. The Morgan fingerprint density at radius 2 is 2.04 bits per heavy atom. The zero-order valence-corrected chi connectivity index (χ0v) is 16.9. The molecule has 2 aromatic carbocycles. The molecule has 142 valence electrons. The summed E-state index contributed by atoms with van der Waals surface area (Å²) in [4.78, 5) is 17.5. The average molecular weight is 440 g/mol. The largest absolute Gasteiger partial charge is 0.497 e. The second-order valence-corrected chi connectivity index (χ2v) is 7.25. The molecule has 28 heavy (non-hydrogen) atoms. The maximum atomic E-state index is 13.2. The lowest BCUT2D eigenvalue weighted by Gasteiger charge is -2.28. The zero-order valence-electron chi connectivity index (χ0n) is 15.3. The van der Waals surface area contributed by atoms with Gasteiger partial charge in [-0.05, 0) is 48.9 Å². The van der Waals surface area contributed by atoms with Crippen LogP contribution < -0.4 is 15.4 Å². The maximum Gasteiger partial charge on any atom is 0.255 e. The van der Waals surface area contributed by atoms with Crippen LogP contribution in [0.3, 0.4) is 0 Å². The third-order valence-electron chi connectivity index (χ3n) is 4.55. The number of fused-ring (bicyclic) bond motifs is 1. The highest BCUT2D eigenvalue weighted by Crippen LogP contribution is 2.36. The number of amides is 1. The standard InChI is InChI=1S/C20H18BrN5O2/c1-12-17(19(27)25-15-6-8-16(28-2)9-7-15)18(13-4-3-5-14(21)10-13)26-20(24-12)22-11-23-26/h3-11,18H,1-2H3,(H,25,27)(H,22,23,24)/t18-/m0/s1. The first-order valence-corrected chi connectivity index (χ1v) is 9.44. The highest BCUT2D eigenvalue weighted by molar-refractivity contribution is 9.10. The van der Waals surface area contributed by atoms with Gasteiger partial charge in [0.05, 0.1) is 12.7 Å². The third kappa shape index (κ3) is 3.38. The monoisotopic (exact) mass is 439 g/mol. The number of nitrogens with zero attached hydrogens (tertiary/aromatic N) is 3. The molecule has 1 aliphatic heterocycles. The van der Waals surface area contributed by atoms with Crippen LogP contribution in [0, 0.1) is 0 Å². The topological polar surface area (TPSA) is 81.1 Å². The molecule has 3 aromatic rings. The molecule has 1 aliphatic rings. The van der Waals surface area contributed by atoms with Crippen molar-refractivity contribution in [2.45, 2.75) is 13.0 Å². The van der Waals surface area contributed by atoms with Gasteiger partial charge in [0.1, 0.15) is 18.1 Å². The molecule has 0 saturated carbocycles. The Hall–Kier alpha value is -3.13. The summed E-state index contributed by atoms with van der Waals surface area (Å²) in [6, 6.07) is 14.7. The van der Waals surface area contributed by atoms with Gasteiger partial charge in [-0.3, -0.25) is 4.79 Å². The van der Waals surface area contributed by atoms with E-state index < -0.39 is 6.04 Å². The van der Waals surface area contributed by atoms with Gasteiger partial charge in [-0.1, -0.05) is 28.1 Å². The number of benzene rings is 2. The van der Waals surface area contributed by atoms with Crippen LogP contribution >= 0.6 is 15.9 Å². The van der Waals surface area contributed by atoms with E-state index in [0.717, 1.165) is 21.5 Å². The molecule has 0 saturated heterocycles. The molecule has 0 spiro atoms. The van der Waals surface area contributed by atoms with E-state index in [2.05, 4.69) is 36.6 Å². The summed E-state index contributed by atoms with van der Waals surface area (Å²) in [7, 11) is 1.60. The zero-order chi connectivity index (χ0) is 19.7. The lowest BCUT2D eigenvalue weighted by atomic mass is 9.95. The van der Waals surface area contributed by atoms with Gasteiger partial charge in [-0.15, -0.1) is 0 Å². The van der Waals surface area contributed by atoms with E-state index in [0.29, 0.717) is 17.2 Å². The Morgan fingerprint density at radius 1 is 1.25 bits per heavy atom. The fraction of sp³-hybridized carbons (Fsp3) is 0.150. The van der Waals surface area contributed by atoms with Crippen LogP contribution in [-0.2, 0) is 4.79 Å². The van der Waals surface area contributed by atoms with E-state index in [4.69, 9.17) is 4.74 Å². The van der Waals surface area contributed by atoms with Crippen molar-refractivity contribution < 1.29 is 9.53 Å². The molecule has 2 heterocycles. The van der Waals surface area contributed by atoms with Crippen LogP contribution in [-0.4, -0.2) is 27.8 Å². The van der Waals surface area contributed by atoms with Crippen molar-refractivity contribution in [1.82, 2.24) is 14.8 Å². The Morgan fingerprint density at radius 3 is 2.75 bits per heavy atom. The van der Waals surface area contributed by atoms with Gasteiger partial charge in [-0.25, -0.2) is 4.68 Å². The van der Waals surface area contributed by atoms with Crippen molar-refractivity contribution in [3.8, 4) is 5.75 Å². The van der Waals surface area contributed by atoms with Crippen molar-refractivity contribution in [3.63, 3.8) is 0 Å². The Labute approximate surface area is 170 Å². The number of allylic oxidation sites excluding steroid dienone is 1. The Bertz CT molecular complexity index is 1060. The van der Waals surface area contributed by atoms with E-state index in [1.807, 2.05) is 31.2 Å². The summed E-state index contributed by atoms with van der Waals surface area (Å²) >= 11 is 3.51. The van der Waals surface area contributed by atoms with Crippen LogP contribution in [0.15, 0.2) is 70.6 Å². The summed E-state index contributed by atoms with van der Waals surface area (Å²) in [6.07, 6.45) is 1.48. The number of methoxy groups -OCH3 is 1. The predicted octanol–water partition coefficient (Wildman–Crippen LogP) is 3.98. The second-order valence-electron chi connectivity index (χ2n) is 6.33. The van der Waals surface area contributed by atoms with Crippen LogP contribution in [0.4, 0.5) is 11.6 Å². The number of carbonyl (C=O) groups is 1. The van der Waals surface area contributed by atoms with Gasteiger partial charge in [0.15, 0.2) is 0 Å². The third-order valence-corrected chi connectivity index (χ3v) is 5.04. The summed E-state index contributed by atoms with van der Waals surface area (Å²) in [5.41, 5.74) is 2.92. The number of carbonyl (C=O) groups excluding carboxylic acids is 1. The minimum atomic E-state index is -0.394. The fourth-order valence-electron chi connectivity index (χ4n) is 3.24. The van der Waals surface area contributed by atoms with Crippen molar-refractivity contribution in [1.29, 1.82) is 0 Å². The number of hydrogen-bond donors (Lipinski definition) is 2. The molecule has 1 aromatic heterocycles. The Balaban J connectivity index is 1.72. The highest BCUT2D eigenvalue weighted by atomic mass is 79.9. The first-order chi connectivity index (χ1) is 13.6. The molecule has 0 bridgehead atoms. The molecule has 0 radical (unpaired) electrons. The van der Waals surface area contributed by atoms with E-state index in [1.54, 1.807) is 36.1 Å². The summed E-state index contributed by atoms with van der Waals surface area (Å²) in [5, 5.41) is 10.5. The lowest BCUT2D eigenvalue weighted by molar-refractivity contribution is -0.113. The SMILES string of the molecule is COc1ccc(NC(=O)C2=C(C)Nc3ncnn3[C@H]2c2cccc(Br)c2)cc1. The lowest BCUT2D eigenvalue weighted by Crippen LogP contribution is -2.31. The van der Waals surface area contributed by atoms with E-state index in [-0.39, 0.29) is 5.91 Å². The van der Waals surface area contributed by atoms with Crippen LogP contribution in [0.5, 0.6) is 5.75 Å². The molecule has 2 N–H and O–H groups in total. The molecule has 1 atom stereocenters. The molecular weight excluding hydrogens is 422 g/mol. The van der Waals surface area contributed by atoms with Gasteiger partial charge in [-0.2, -0.15) is 10.1 Å². The maximum absolute atomic E-state index is 13.2. The van der Waals surface area contributed by atoms with Gasteiger partial charge >= 0.3 is 0 Å².